The summed E-state index contributed by atoms with van der Waals surface area (Å²) in [5.41, 5.74) is 3.06. The Morgan fingerprint density at radius 2 is 2.00 bits per heavy atom. The molecule has 24 heavy (non-hydrogen) atoms. The van der Waals surface area contributed by atoms with Crippen molar-refractivity contribution in [2.45, 2.75) is 25.3 Å². The molecule has 0 aliphatic heterocycles. The standard InChI is InChI=1S/C20H19NO3/c1-12(22)21-17-11-15(17)19-16-10-14(23-2)8-9-18(16)24-20(19)13-6-4-3-5-7-13/h3-10,15,17H,11H2,1-2H3,(H,21,22)/t15-,17-/m1/s1. The van der Waals surface area contributed by atoms with Crippen molar-refractivity contribution in [1.29, 1.82) is 0 Å². The number of nitrogens with one attached hydrogen (secondary N) is 1. The Morgan fingerprint density at radius 1 is 1.21 bits per heavy atom. The Morgan fingerprint density at radius 3 is 2.71 bits per heavy atom. The predicted octanol–water partition coefficient (Wildman–Crippen LogP) is 4.10. The van der Waals surface area contributed by atoms with E-state index < -0.39 is 0 Å². The fourth-order valence-corrected chi connectivity index (χ4v) is 3.33. The third kappa shape index (κ3) is 2.54. The lowest BCUT2D eigenvalue weighted by Gasteiger charge is -2.05. The Labute approximate surface area is 140 Å². The number of amides is 1. The number of benzene rings is 2. The van der Waals surface area contributed by atoms with Gasteiger partial charge in [-0.25, -0.2) is 0 Å². The van der Waals surface area contributed by atoms with Gasteiger partial charge >= 0.3 is 0 Å². The van der Waals surface area contributed by atoms with Crippen LogP contribution in [0.5, 0.6) is 5.75 Å². The van der Waals surface area contributed by atoms with Crippen LogP contribution in [0.25, 0.3) is 22.3 Å². The van der Waals surface area contributed by atoms with Crippen LogP contribution in [0.3, 0.4) is 0 Å². The first-order valence-corrected chi connectivity index (χ1v) is 8.10. The number of furan rings is 1. The number of fused-ring (bicyclic) bond motifs is 1. The number of carbonyl (C=O) groups is 1. The summed E-state index contributed by atoms with van der Waals surface area (Å²) >= 11 is 0. The maximum Gasteiger partial charge on any atom is 0.217 e. The molecule has 122 valence electrons. The van der Waals surface area contributed by atoms with Crippen molar-refractivity contribution in [1.82, 2.24) is 5.32 Å². The summed E-state index contributed by atoms with van der Waals surface area (Å²) in [6.07, 6.45) is 0.936. The molecule has 1 aromatic heterocycles. The van der Waals surface area contributed by atoms with E-state index in [-0.39, 0.29) is 17.9 Å². The van der Waals surface area contributed by atoms with Crippen molar-refractivity contribution >= 4 is 16.9 Å². The van der Waals surface area contributed by atoms with Gasteiger partial charge in [-0.05, 0) is 24.6 Å². The number of rotatable bonds is 4. The van der Waals surface area contributed by atoms with Gasteiger partial charge in [-0.3, -0.25) is 4.79 Å². The molecule has 1 amide bonds. The SMILES string of the molecule is COc1ccc2oc(-c3ccccc3)c([C@@H]3C[C@H]3NC(C)=O)c2c1. The van der Waals surface area contributed by atoms with Crippen LogP contribution >= 0.6 is 0 Å². The van der Waals surface area contributed by atoms with Crippen molar-refractivity contribution in [3.63, 3.8) is 0 Å². The van der Waals surface area contributed by atoms with Crippen LogP contribution in [0, 0.1) is 0 Å². The fraction of sp³-hybridized carbons (Fsp3) is 0.250. The van der Waals surface area contributed by atoms with E-state index in [0.29, 0.717) is 0 Å². The van der Waals surface area contributed by atoms with Crippen LogP contribution in [-0.2, 0) is 4.79 Å². The van der Waals surface area contributed by atoms with Crippen LogP contribution in [-0.4, -0.2) is 19.1 Å². The van der Waals surface area contributed by atoms with Gasteiger partial charge in [-0.15, -0.1) is 0 Å². The lowest BCUT2D eigenvalue weighted by molar-refractivity contribution is -0.119. The monoisotopic (exact) mass is 321 g/mol. The molecule has 1 aliphatic carbocycles. The second-order valence-electron chi connectivity index (χ2n) is 6.22. The Hall–Kier alpha value is -2.75. The highest BCUT2D eigenvalue weighted by Crippen LogP contribution is 2.49. The van der Waals surface area contributed by atoms with Gasteiger partial charge in [-0.1, -0.05) is 30.3 Å². The highest BCUT2D eigenvalue weighted by Gasteiger charge is 2.43. The highest BCUT2D eigenvalue weighted by molar-refractivity contribution is 5.90. The van der Waals surface area contributed by atoms with Crippen molar-refractivity contribution in [2.24, 2.45) is 0 Å². The predicted molar refractivity (Wildman–Crippen MR) is 93.2 cm³/mol. The van der Waals surface area contributed by atoms with E-state index in [1.165, 1.54) is 0 Å². The largest absolute Gasteiger partial charge is 0.497 e. The number of methoxy groups -OCH3 is 1. The minimum atomic E-state index is 0.00846. The zero-order chi connectivity index (χ0) is 16.7. The van der Waals surface area contributed by atoms with Crippen molar-refractivity contribution in [2.75, 3.05) is 7.11 Å². The summed E-state index contributed by atoms with van der Waals surface area (Å²) < 4.78 is 11.5. The average Bonchev–Trinajstić information content (AvgIpc) is 3.22. The first kappa shape index (κ1) is 14.8. The molecule has 4 heteroatoms. The second kappa shape index (κ2) is 5.71. The topological polar surface area (TPSA) is 51.5 Å². The van der Waals surface area contributed by atoms with Gasteiger partial charge in [0.15, 0.2) is 0 Å². The van der Waals surface area contributed by atoms with Crippen LogP contribution < -0.4 is 10.1 Å². The van der Waals surface area contributed by atoms with E-state index in [2.05, 4.69) is 5.32 Å². The van der Waals surface area contributed by atoms with Crippen molar-refractivity contribution in [3.05, 3.63) is 54.1 Å². The third-order valence-corrected chi connectivity index (χ3v) is 4.52. The molecule has 1 aliphatic rings. The van der Waals surface area contributed by atoms with E-state index in [0.717, 1.165) is 40.0 Å². The van der Waals surface area contributed by atoms with E-state index in [1.807, 2.05) is 48.5 Å². The molecule has 0 spiro atoms. The van der Waals surface area contributed by atoms with Gasteiger partial charge in [0, 0.05) is 35.4 Å². The zero-order valence-corrected chi connectivity index (χ0v) is 13.7. The maximum atomic E-state index is 11.4. The molecule has 2 aromatic carbocycles. The third-order valence-electron chi connectivity index (χ3n) is 4.52. The quantitative estimate of drug-likeness (QED) is 0.787. The summed E-state index contributed by atoms with van der Waals surface area (Å²) in [5, 5.41) is 4.08. The fourth-order valence-electron chi connectivity index (χ4n) is 3.33. The van der Waals surface area contributed by atoms with Crippen LogP contribution in [0.1, 0.15) is 24.8 Å². The number of carbonyl (C=O) groups excluding carboxylic acids is 1. The average molecular weight is 321 g/mol. The minimum Gasteiger partial charge on any atom is -0.497 e. The Balaban J connectivity index is 1.86. The van der Waals surface area contributed by atoms with Crippen molar-refractivity contribution < 1.29 is 13.9 Å². The molecule has 4 rings (SSSR count). The summed E-state index contributed by atoms with van der Waals surface area (Å²) in [6.45, 7) is 1.56. The van der Waals surface area contributed by atoms with Gasteiger partial charge in [0.2, 0.25) is 5.91 Å². The van der Waals surface area contributed by atoms with Gasteiger partial charge in [0.05, 0.1) is 7.11 Å². The van der Waals surface area contributed by atoms with E-state index in [9.17, 15) is 4.79 Å². The molecule has 1 saturated carbocycles. The van der Waals surface area contributed by atoms with Crippen LogP contribution in [0.15, 0.2) is 52.9 Å². The minimum absolute atomic E-state index is 0.00846. The maximum absolute atomic E-state index is 11.4. The molecule has 0 saturated heterocycles. The van der Waals surface area contributed by atoms with Gasteiger partial charge in [-0.2, -0.15) is 0 Å². The summed E-state index contributed by atoms with van der Waals surface area (Å²) in [7, 11) is 1.66. The van der Waals surface area contributed by atoms with Crippen molar-refractivity contribution in [3.8, 4) is 17.1 Å². The number of hydrogen-bond acceptors (Lipinski definition) is 3. The Kier molecular flexibility index (Phi) is 3.53. The first-order chi connectivity index (χ1) is 11.7. The molecule has 4 nitrogen and oxygen atoms in total. The van der Waals surface area contributed by atoms with E-state index in [4.69, 9.17) is 9.15 Å². The molecular formula is C20H19NO3. The molecule has 1 heterocycles. The highest BCUT2D eigenvalue weighted by atomic mass is 16.5. The first-order valence-electron chi connectivity index (χ1n) is 8.10. The number of ether oxygens (including phenoxy) is 1. The van der Waals surface area contributed by atoms with Gasteiger partial charge < -0.3 is 14.5 Å². The smallest absolute Gasteiger partial charge is 0.217 e. The van der Waals surface area contributed by atoms with Crippen LogP contribution in [0.2, 0.25) is 0 Å². The van der Waals surface area contributed by atoms with Crippen LogP contribution in [0.4, 0.5) is 0 Å². The molecule has 2 atom stereocenters. The van der Waals surface area contributed by atoms with Gasteiger partial charge in [0.25, 0.3) is 0 Å². The molecule has 0 unspecified atom stereocenters. The molecule has 1 fully saturated rings. The van der Waals surface area contributed by atoms with E-state index >= 15 is 0 Å². The molecule has 0 bridgehead atoms. The lowest BCUT2D eigenvalue weighted by Crippen LogP contribution is -2.23. The summed E-state index contributed by atoms with van der Waals surface area (Å²) in [6, 6.07) is 16.1. The second-order valence-corrected chi connectivity index (χ2v) is 6.22. The van der Waals surface area contributed by atoms with Gasteiger partial charge in [0.1, 0.15) is 17.1 Å². The zero-order valence-electron chi connectivity index (χ0n) is 13.7. The van der Waals surface area contributed by atoms with E-state index in [1.54, 1.807) is 14.0 Å². The molecule has 3 aromatic rings. The molecule has 0 radical (unpaired) electrons. The number of hydrogen-bond donors (Lipinski definition) is 1. The molecular weight excluding hydrogens is 302 g/mol. The Bertz CT molecular complexity index is 898. The lowest BCUT2D eigenvalue weighted by atomic mass is 10.0. The summed E-state index contributed by atoms with van der Waals surface area (Å²) in [5.74, 6) is 1.98. The molecule has 1 N–H and O–H groups in total. The normalized spacial score (nSPS) is 19.2. The summed E-state index contributed by atoms with van der Waals surface area (Å²) in [4.78, 5) is 11.4.